The second-order valence-electron chi connectivity index (χ2n) is 7.20. The molecular formula is C19H25NO6. The van der Waals surface area contributed by atoms with Crippen LogP contribution in [0.1, 0.15) is 50.4 Å². The van der Waals surface area contributed by atoms with Gasteiger partial charge in [0.05, 0.1) is 4.92 Å². The van der Waals surface area contributed by atoms with Gasteiger partial charge in [-0.2, -0.15) is 0 Å². The normalized spacial score (nSPS) is 22.7. The number of carbonyl (C=O) groups is 2. The maximum atomic E-state index is 12.1. The number of nitrogens with zero attached hydrogens (tertiary/aromatic N) is 1. The minimum Gasteiger partial charge on any atom is -0.460 e. The monoisotopic (exact) mass is 363 g/mol. The van der Waals surface area contributed by atoms with Crippen molar-refractivity contribution in [2.24, 2.45) is 17.8 Å². The van der Waals surface area contributed by atoms with Crippen molar-refractivity contribution in [3.05, 3.63) is 39.9 Å². The van der Waals surface area contributed by atoms with Crippen LogP contribution in [0.5, 0.6) is 0 Å². The standard InChI is InChI=1S/C19H25NO6/c1-12(2)14-9-8-13(3)10-17(14)26-18(21)11-25-19(22)15-6-4-5-7-16(15)20(23)24/h4-7,12-14,17H,8-11H2,1-3H3/t13-,14-,17-/m1/s1. The lowest BCUT2D eigenvalue weighted by molar-refractivity contribution is -0.385. The van der Waals surface area contributed by atoms with Gasteiger partial charge in [0.2, 0.25) is 0 Å². The first-order valence-electron chi connectivity index (χ1n) is 8.89. The predicted molar refractivity (Wildman–Crippen MR) is 94.6 cm³/mol. The van der Waals surface area contributed by atoms with E-state index in [0.29, 0.717) is 17.8 Å². The number of nitro benzene ring substituents is 1. The van der Waals surface area contributed by atoms with Crippen molar-refractivity contribution in [2.45, 2.75) is 46.1 Å². The van der Waals surface area contributed by atoms with E-state index in [0.717, 1.165) is 19.3 Å². The lowest BCUT2D eigenvalue weighted by Crippen LogP contribution is -2.36. The number of benzene rings is 1. The fourth-order valence-electron chi connectivity index (χ4n) is 3.46. The summed E-state index contributed by atoms with van der Waals surface area (Å²) >= 11 is 0. The molecule has 1 aliphatic carbocycles. The van der Waals surface area contributed by atoms with Crippen LogP contribution in [0.2, 0.25) is 0 Å². The number of para-hydroxylation sites is 1. The summed E-state index contributed by atoms with van der Waals surface area (Å²) in [4.78, 5) is 34.5. The second kappa shape index (κ2) is 8.78. The molecule has 2 rings (SSSR count). The lowest BCUT2D eigenvalue weighted by Gasteiger charge is -2.36. The Balaban J connectivity index is 1.94. The molecule has 7 nitrogen and oxygen atoms in total. The van der Waals surface area contributed by atoms with Gasteiger partial charge in [0, 0.05) is 6.07 Å². The Bertz CT molecular complexity index is 672. The molecule has 1 saturated carbocycles. The Hall–Kier alpha value is -2.44. The van der Waals surface area contributed by atoms with Crippen molar-refractivity contribution in [3.8, 4) is 0 Å². The zero-order valence-electron chi connectivity index (χ0n) is 15.3. The molecule has 0 unspecified atom stereocenters. The van der Waals surface area contributed by atoms with Gasteiger partial charge >= 0.3 is 11.9 Å². The summed E-state index contributed by atoms with van der Waals surface area (Å²) < 4.78 is 10.5. The average molecular weight is 363 g/mol. The Morgan fingerprint density at radius 3 is 2.62 bits per heavy atom. The average Bonchev–Trinajstić information content (AvgIpc) is 2.59. The Kier molecular flexibility index (Phi) is 6.71. The van der Waals surface area contributed by atoms with E-state index in [1.807, 2.05) is 0 Å². The third kappa shape index (κ3) is 5.03. The molecule has 0 aromatic heterocycles. The minimum absolute atomic E-state index is 0.184. The van der Waals surface area contributed by atoms with Gasteiger partial charge in [-0.15, -0.1) is 0 Å². The van der Waals surface area contributed by atoms with E-state index in [2.05, 4.69) is 20.8 Å². The van der Waals surface area contributed by atoms with Crippen LogP contribution < -0.4 is 0 Å². The van der Waals surface area contributed by atoms with Crippen molar-refractivity contribution < 1.29 is 24.0 Å². The van der Waals surface area contributed by atoms with E-state index < -0.39 is 23.5 Å². The molecule has 0 heterocycles. The van der Waals surface area contributed by atoms with E-state index >= 15 is 0 Å². The first-order valence-corrected chi connectivity index (χ1v) is 8.89. The Morgan fingerprint density at radius 2 is 1.96 bits per heavy atom. The van der Waals surface area contributed by atoms with Crippen molar-refractivity contribution in [1.82, 2.24) is 0 Å². The smallest absolute Gasteiger partial charge is 0.345 e. The van der Waals surface area contributed by atoms with Crippen LogP contribution in [0.25, 0.3) is 0 Å². The van der Waals surface area contributed by atoms with Gasteiger partial charge < -0.3 is 9.47 Å². The molecule has 1 aliphatic rings. The number of ether oxygens (including phenoxy) is 2. The highest BCUT2D eigenvalue weighted by atomic mass is 16.6. The summed E-state index contributed by atoms with van der Waals surface area (Å²) in [7, 11) is 0. The Labute approximate surface area is 152 Å². The molecule has 142 valence electrons. The molecule has 1 aromatic carbocycles. The lowest BCUT2D eigenvalue weighted by atomic mass is 9.75. The van der Waals surface area contributed by atoms with E-state index in [1.54, 1.807) is 0 Å². The van der Waals surface area contributed by atoms with Crippen LogP contribution in [0.15, 0.2) is 24.3 Å². The fraction of sp³-hybridized carbons (Fsp3) is 0.579. The van der Waals surface area contributed by atoms with Crippen LogP contribution in [0.4, 0.5) is 5.69 Å². The Morgan fingerprint density at radius 1 is 1.27 bits per heavy atom. The summed E-state index contributed by atoms with van der Waals surface area (Å²) in [6.45, 7) is 5.79. The molecule has 1 aromatic rings. The van der Waals surface area contributed by atoms with Crippen LogP contribution in [0.3, 0.4) is 0 Å². The summed E-state index contributed by atoms with van der Waals surface area (Å²) in [5.41, 5.74) is -0.538. The van der Waals surface area contributed by atoms with Crippen LogP contribution in [0, 0.1) is 27.9 Å². The second-order valence-corrected chi connectivity index (χ2v) is 7.20. The summed E-state index contributed by atoms with van der Waals surface area (Å²) in [5, 5.41) is 11.0. The number of carbonyl (C=O) groups excluding carboxylic acids is 2. The number of hydrogen-bond acceptors (Lipinski definition) is 6. The van der Waals surface area contributed by atoms with Crippen molar-refractivity contribution >= 4 is 17.6 Å². The summed E-state index contributed by atoms with van der Waals surface area (Å²) in [6, 6.07) is 5.47. The highest BCUT2D eigenvalue weighted by Gasteiger charge is 2.33. The van der Waals surface area contributed by atoms with Gasteiger partial charge in [-0.1, -0.05) is 39.3 Å². The van der Waals surface area contributed by atoms with Crippen LogP contribution >= 0.6 is 0 Å². The molecule has 0 N–H and O–H groups in total. The number of hydrogen-bond donors (Lipinski definition) is 0. The van der Waals surface area contributed by atoms with Gasteiger partial charge in [-0.05, 0) is 36.7 Å². The van der Waals surface area contributed by atoms with Gasteiger partial charge in [0.15, 0.2) is 6.61 Å². The minimum atomic E-state index is -0.910. The molecule has 0 bridgehead atoms. The molecule has 0 radical (unpaired) electrons. The number of rotatable bonds is 6. The SMILES string of the molecule is CC(C)[C@H]1CC[C@@H](C)C[C@H]1OC(=O)COC(=O)c1ccccc1[N+](=O)[O-]. The van der Waals surface area contributed by atoms with Crippen LogP contribution in [-0.2, 0) is 14.3 Å². The maximum Gasteiger partial charge on any atom is 0.345 e. The maximum absolute atomic E-state index is 12.1. The van der Waals surface area contributed by atoms with Crippen LogP contribution in [-0.4, -0.2) is 29.6 Å². The predicted octanol–water partition coefficient (Wildman–Crippen LogP) is 3.76. The van der Waals surface area contributed by atoms with Gasteiger partial charge in [-0.25, -0.2) is 9.59 Å². The van der Waals surface area contributed by atoms with Crippen molar-refractivity contribution in [2.75, 3.05) is 6.61 Å². The largest absolute Gasteiger partial charge is 0.460 e. The topological polar surface area (TPSA) is 95.7 Å². The third-order valence-corrected chi connectivity index (χ3v) is 4.89. The number of nitro groups is 1. The van der Waals surface area contributed by atoms with Gasteiger partial charge in [-0.3, -0.25) is 10.1 Å². The molecule has 3 atom stereocenters. The van der Waals surface area contributed by atoms with E-state index in [-0.39, 0.29) is 17.4 Å². The molecule has 7 heteroatoms. The first kappa shape index (κ1) is 19.9. The van der Waals surface area contributed by atoms with E-state index in [4.69, 9.17) is 9.47 Å². The van der Waals surface area contributed by atoms with Gasteiger partial charge in [0.1, 0.15) is 11.7 Å². The summed E-state index contributed by atoms with van der Waals surface area (Å²) in [6.07, 6.45) is 2.74. The van der Waals surface area contributed by atoms with Crippen molar-refractivity contribution in [3.63, 3.8) is 0 Å². The van der Waals surface area contributed by atoms with Crippen molar-refractivity contribution in [1.29, 1.82) is 0 Å². The molecule has 1 fully saturated rings. The molecule has 0 spiro atoms. The van der Waals surface area contributed by atoms with Gasteiger partial charge in [0.25, 0.3) is 5.69 Å². The molecule has 0 amide bonds. The zero-order valence-corrected chi connectivity index (χ0v) is 15.3. The molecule has 0 aliphatic heterocycles. The quantitative estimate of drug-likeness (QED) is 0.434. The first-order chi connectivity index (χ1) is 12.3. The van der Waals surface area contributed by atoms with E-state index in [9.17, 15) is 19.7 Å². The molecule has 0 saturated heterocycles. The zero-order chi connectivity index (χ0) is 19.3. The molecule has 26 heavy (non-hydrogen) atoms. The third-order valence-electron chi connectivity index (χ3n) is 4.89. The summed E-state index contributed by atoms with van der Waals surface area (Å²) in [5.74, 6) is -0.360. The highest BCUT2D eigenvalue weighted by molar-refractivity contribution is 5.94. The number of esters is 2. The highest BCUT2D eigenvalue weighted by Crippen LogP contribution is 2.35. The molecular weight excluding hydrogens is 338 g/mol. The van der Waals surface area contributed by atoms with E-state index in [1.165, 1.54) is 24.3 Å². The fourth-order valence-corrected chi connectivity index (χ4v) is 3.46.